The molecule has 0 aliphatic carbocycles. The highest BCUT2D eigenvalue weighted by molar-refractivity contribution is 6.31. The van der Waals surface area contributed by atoms with Crippen molar-refractivity contribution < 1.29 is 9.59 Å². The number of likely N-dealkylation sites (N-methyl/N-ethyl adjacent to an activating group) is 1. The molecule has 0 aromatic heterocycles. The average Bonchev–Trinajstić information content (AvgIpc) is 2.35. The van der Waals surface area contributed by atoms with Crippen molar-refractivity contribution in [3.63, 3.8) is 0 Å². The molecule has 0 atom stereocenters. The summed E-state index contributed by atoms with van der Waals surface area (Å²) in [6.07, 6.45) is 0.247. The molecule has 1 fully saturated rings. The highest BCUT2D eigenvalue weighted by Gasteiger charge is 2.24. The van der Waals surface area contributed by atoms with Gasteiger partial charge < -0.3 is 9.80 Å². The van der Waals surface area contributed by atoms with Crippen LogP contribution >= 0.6 is 11.6 Å². The van der Waals surface area contributed by atoms with E-state index in [1.165, 1.54) is 0 Å². The summed E-state index contributed by atoms with van der Waals surface area (Å²) in [4.78, 5) is 26.8. The van der Waals surface area contributed by atoms with Crippen molar-refractivity contribution in [2.24, 2.45) is 0 Å². The molecule has 0 bridgehead atoms. The quantitative estimate of drug-likeness (QED) is 0.807. The minimum atomic E-state index is -0.0513. The molecule has 1 aromatic carbocycles. The number of hydrogen-bond donors (Lipinski definition) is 0. The zero-order valence-corrected chi connectivity index (χ0v) is 11.0. The van der Waals surface area contributed by atoms with E-state index in [4.69, 9.17) is 11.6 Å². The van der Waals surface area contributed by atoms with Gasteiger partial charge in [0.2, 0.25) is 11.8 Å². The van der Waals surface area contributed by atoms with Gasteiger partial charge >= 0.3 is 0 Å². The summed E-state index contributed by atoms with van der Waals surface area (Å²) in [6.45, 7) is 1.35. The van der Waals surface area contributed by atoms with Crippen molar-refractivity contribution in [1.82, 2.24) is 9.80 Å². The molecule has 0 N–H and O–H groups in total. The van der Waals surface area contributed by atoms with Crippen LogP contribution in [0.25, 0.3) is 0 Å². The largest absolute Gasteiger partial charge is 0.342 e. The van der Waals surface area contributed by atoms with E-state index in [2.05, 4.69) is 0 Å². The first-order valence-electron chi connectivity index (χ1n) is 5.83. The summed E-state index contributed by atoms with van der Waals surface area (Å²) in [5.74, 6) is -0.0710. The van der Waals surface area contributed by atoms with E-state index in [0.29, 0.717) is 18.1 Å². The minimum Gasteiger partial charge on any atom is -0.342 e. The van der Waals surface area contributed by atoms with Crippen LogP contribution in [0.2, 0.25) is 5.02 Å². The molecule has 4 nitrogen and oxygen atoms in total. The second-order valence-corrected chi connectivity index (χ2v) is 4.81. The van der Waals surface area contributed by atoms with Crippen molar-refractivity contribution in [3.05, 3.63) is 34.9 Å². The van der Waals surface area contributed by atoms with Gasteiger partial charge in [0.1, 0.15) is 0 Å². The van der Waals surface area contributed by atoms with Gasteiger partial charge in [-0.3, -0.25) is 9.59 Å². The third kappa shape index (κ3) is 2.82. The standard InChI is InChI=1S/C13H15ClN2O2/c1-15-6-7-16(9-13(15)18)12(17)8-10-4-2-3-5-11(10)14/h2-5H,6-9H2,1H3. The molecular weight excluding hydrogens is 252 g/mol. The van der Waals surface area contributed by atoms with Gasteiger partial charge in [-0.2, -0.15) is 0 Å². The van der Waals surface area contributed by atoms with Crippen LogP contribution in [0.5, 0.6) is 0 Å². The van der Waals surface area contributed by atoms with E-state index in [9.17, 15) is 9.59 Å². The molecule has 2 amide bonds. The summed E-state index contributed by atoms with van der Waals surface area (Å²) >= 11 is 6.01. The normalized spacial score (nSPS) is 16.0. The molecular formula is C13H15ClN2O2. The zero-order chi connectivity index (χ0) is 13.1. The number of amides is 2. The topological polar surface area (TPSA) is 40.6 Å². The van der Waals surface area contributed by atoms with Crippen LogP contribution in [-0.2, 0) is 16.0 Å². The summed E-state index contributed by atoms with van der Waals surface area (Å²) < 4.78 is 0. The predicted octanol–water partition coefficient (Wildman–Crippen LogP) is 1.18. The first-order valence-corrected chi connectivity index (χ1v) is 6.21. The Balaban J connectivity index is 2.01. The Morgan fingerprint density at radius 2 is 2.06 bits per heavy atom. The maximum absolute atomic E-state index is 12.1. The Morgan fingerprint density at radius 3 is 2.72 bits per heavy atom. The van der Waals surface area contributed by atoms with Gasteiger partial charge in [0.25, 0.3) is 0 Å². The van der Waals surface area contributed by atoms with Gasteiger partial charge in [0.15, 0.2) is 0 Å². The lowest BCUT2D eigenvalue weighted by atomic mass is 10.1. The second-order valence-electron chi connectivity index (χ2n) is 4.40. The number of carbonyl (C=O) groups is 2. The predicted molar refractivity (Wildman–Crippen MR) is 69.4 cm³/mol. The lowest BCUT2D eigenvalue weighted by Crippen LogP contribution is -2.51. The van der Waals surface area contributed by atoms with E-state index in [1.54, 1.807) is 22.9 Å². The van der Waals surface area contributed by atoms with E-state index < -0.39 is 0 Å². The fraction of sp³-hybridized carbons (Fsp3) is 0.385. The van der Waals surface area contributed by atoms with Crippen molar-refractivity contribution in [3.8, 4) is 0 Å². The monoisotopic (exact) mass is 266 g/mol. The molecule has 18 heavy (non-hydrogen) atoms. The molecule has 1 aromatic rings. The highest BCUT2D eigenvalue weighted by Crippen LogP contribution is 2.16. The van der Waals surface area contributed by atoms with Gasteiger partial charge in [-0.05, 0) is 11.6 Å². The van der Waals surface area contributed by atoms with Crippen LogP contribution in [0.15, 0.2) is 24.3 Å². The van der Waals surface area contributed by atoms with Crippen molar-refractivity contribution in [1.29, 1.82) is 0 Å². The molecule has 1 aliphatic heterocycles. The Kier molecular flexibility index (Phi) is 3.87. The number of hydrogen-bond acceptors (Lipinski definition) is 2. The molecule has 2 rings (SSSR count). The summed E-state index contributed by atoms with van der Waals surface area (Å²) in [5, 5.41) is 0.589. The van der Waals surface area contributed by atoms with Gasteiger partial charge in [-0.25, -0.2) is 0 Å². The third-order valence-electron chi connectivity index (χ3n) is 3.11. The molecule has 1 saturated heterocycles. The van der Waals surface area contributed by atoms with Crippen LogP contribution in [0.4, 0.5) is 0 Å². The van der Waals surface area contributed by atoms with Crippen LogP contribution in [-0.4, -0.2) is 48.3 Å². The number of piperazine rings is 1. The lowest BCUT2D eigenvalue weighted by molar-refractivity contribution is -0.143. The molecule has 1 heterocycles. The van der Waals surface area contributed by atoms with Crippen LogP contribution in [0.3, 0.4) is 0 Å². The second kappa shape index (κ2) is 5.40. The Bertz CT molecular complexity index is 476. The van der Waals surface area contributed by atoms with E-state index in [0.717, 1.165) is 5.56 Å². The number of nitrogens with zero attached hydrogens (tertiary/aromatic N) is 2. The van der Waals surface area contributed by atoms with Crippen molar-refractivity contribution in [2.75, 3.05) is 26.7 Å². The minimum absolute atomic E-state index is 0.0197. The molecule has 0 spiro atoms. The smallest absolute Gasteiger partial charge is 0.241 e. The Labute approximate surface area is 111 Å². The fourth-order valence-corrected chi connectivity index (χ4v) is 2.09. The molecule has 0 saturated carbocycles. The lowest BCUT2D eigenvalue weighted by Gasteiger charge is -2.32. The van der Waals surface area contributed by atoms with E-state index in [1.807, 2.05) is 18.2 Å². The summed E-state index contributed by atoms with van der Waals surface area (Å²) in [6, 6.07) is 7.27. The third-order valence-corrected chi connectivity index (χ3v) is 3.48. The Morgan fingerprint density at radius 1 is 1.33 bits per heavy atom. The maximum Gasteiger partial charge on any atom is 0.241 e. The van der Waals surface area contributed by atoms with Crippen LogP contribution in [0.1, 0.15) is 5.56 Å². The van der Waals surface area contributed by atoms with E-state index in [-0.39, 0.29) is 24.8 Å². The number of carbonyl (C=O) groups excluding carboxylic acids is 2. The Hall–Kier alpha value is -1.55. The summed E-state index contributed by atoms with van der Waals surface area (Å²) in [7, 11) is 1.75. The van der Waals surface area contributed by atoms with Crippen molar-refractivity contribution >= 4 is 23.4 Å². The molecule has 5 heteroatoms. The van der Waals surface area contributed by atoms with Gasteiger partial charge in [-0.1, -0.05) is 29.8 Å². The fourth-order valence-electron chi connectivity index (χ4n) is 1.89. The van der Waals surface area contributed by atoms with Gasteiger partial charge in [-0.15, -0.1) is 0 Å². The molecule has 0 unspecified atom stereocenters. The zero-order valence-electron chi connectivity index (χ0n) is 10.2. The molecule has 0 radical (unpaired) electrons. The SMILES string of the molecule is CN1CCN(C(=O)Cc2ccccc2Cl)CC1=O. The van der Waals surface area contributed by atoms with E-state index >= 15 is 0 Å². The van der Waals surface area contributed by atoms with Crippen LogP contribution in [0, 0.1) is 0 Å². The molecule has 96 valence electrons. The first-order chi connectivity index (χ1) is 8.58. The number of rotatable bonds is 2. The highest BCUT2D eigenvalue weighted by atomic mass is 35.5. The van der Waals surface area contributed by atoms with Gasteiger partial charge in [0.05, 0.1) is 13.0 Å². The van der Waals surface area contributed by atoms with Crippen molar-refractivity contribution in [2.45, 2.75) is 6.42 Å². The van der Waals surface area contributed by atoms with Crippen LogP contribution < -0.4 is 0 Å². The van der Waals surface area contributed by atoms with Gasteiger partial charge in [0, 0.05) is 25.2 Å². The number of benzene rings is 1. The maximum atomic E-state index is 12.1. The molecule has 1 aliphatic rings. The number of halogens is 1. The average molecular weight is 267 g/mol. The summed E-state index contributed by atoms with van der Waals surface area (Å²) in [5.41, 5.74) is 0.801. The first kappa shape index (κ1) is 12.9.